The van der Waals surface area contributed by atoms with Crippen molar-refractivity contribution in [2.75, 3.05) is 25.1 Å². The van der Waals surface area contributed by atoms with Gasteiger partial charge in [0.15, 0.2) is 5.82 Å². The van der Waals surface area contributed by atoms with Crippen molar-refractivity contribution in [3.63, 3.8) is 0 Å². The van der Waals surface area contributed by atoms with Crippen LogP contribution < -0.4 is 15.7 Å². The second kappa shape index (κ2) is 8.81. The van der Waals surface area contributed by atoms with Gasteiger partial charge in [0.25, 0.3) is 5.91 Å². The molecule has 2 atom stereocenters. The number of anilines is 2. The Hall–Kier alpha value is -3.33. The number of hydrogen-bond acceptors (Lipinski definition) is 8. The number of nitrogens with two attached hydrogens (primary N) is 1. The van der Waals surface area contributed by atoms with Crippen molar-refractivity contribution in [1.82, 2.24) is 9.78 Å². The molecule has 1 unspecified atom stereocenters. The van der Waals surface area contributed by atoms with Gasteiger partial charge < -0.3 is 30.6 Å². The summed E-state index contributed by atoms with van der Waals surface area (Å²) in [4.78, 5) is 12.0. The molecule has 0 spiro atoms. The Bertz CT molecular complexity index is 1060. The first-order valence-electron chi connectivity index (χ1n) is 9.93. The van der Waals surface area contributed by atoms with Crippen LogP contribution in [0.3, 0.4) is 0 Å². The highest BCUT2D eigenvalue weighted by Gasteiger charge is 2.30. The molecule has 5 N–H and O–H groups in total. The third-order valence-electron chi connectivity index (χ3n) is 5.40. The summed E-state index contributed by atoms with van der Waals surface area (Å²) in [5.41, 5.74) is 7.65. The summed E-state index contributed by atoms with van der Waals surface area (Å²) in [5, 5.41) is 36.2. The second-order valence-electron chi connectivity index (χ2n) is 7.44. The van der Waals surface area contributed by atoms with Gasteiger partial charge in [0.05, 0.1) is 24.6 Å². The van der Waals surface area contributed by atoms with Gasteiger partial charge in [-0.2, -0.15) is 10.4 Å². The number of nitrogens with zero attached hydrogens (tertiary/aromatic N) is 3. The van der Waals surface area contributed by atoms with Crippen LogP contribution in [-0.2, 0) is 4.74 Å². The molecule has 4 rings (SSSR count). The fourth-order valence-electron chi connectivity index (χ4n) is 3.74. The van der Waals surface area contributed by atoms with Gasteiger partial charge in [0.1, 0.15) is 11.3 Å². The van der Waals surface area contributed by atoms with Crippen molar-refractivity contribution in [2.24, 2.45) is 11.7 Å². The highest BCUT2D eigenvalue weighted by atomic mass is 16.5. The van der Waals surface area contributed by atoms with Crippen molar-refractivity contribution in [3.05, 3.63) is 41.0 Å². The smallest absolute Gasteiger partial charge is 0.532 e. The number of aliphatic hydroxyl groups is 1. The molecule has 1 amide bonds. The first-order valence-corrected chi connectivity index (χ1v) is 9.93. The summed E-state index contributed by atoms with van der Waals surface area (Å²) in [7, 11) is -1.10. The van der Waals surface area contributed by atoms with Crippen molar-refractivity contribution in [1.29, 1.82) is 5.26 Å². The molecule has 11 heteroatoms. The Morgan fingerprint density at radius 2 is 2.32 bits per heavy atom. The van der Waals surface area contributed by atoms with Crippen LogP contribution in [0.15, 0.2) is 29.9 Å². The maximum absolute atomic E-state index is 12.0. The van der Waals surface area contributed by atoms with E-state index in [2.05, 4.69) is 16.5 Å². The van der Waals surface area contributed by atoms with E-state index in [0.717, 1.165) is 0 Å². The molecule has 1 fully saturated rings. The van der Waals surface area contributed by atoms with Crippen LogP contribution in [0.25, 0.3) is 6.08 Å². The molecule has 1 aromatic carbocycles. The minimum atomic E-state index is -1.10. The average Bonchev–Trinajstić information content (AvgIpc) is 3.18. The number of nitrogens with one attached hydrogen (secondary N) is 1. The van der Waals surface area contributed by atoms with Crippen LogP contribution in [0, 0.1) is 17.2 Å². The Morgan fingerprint density at radius 3 is 3.06 bits per heavy atom. The summed E-state index contributed by atoms with van der Waals surface area (Å²) in [6, 6.07) is 7.16. The van der Waals surface area contributed by atoms with Gasteiger partial charge in [-0.15, -0.1) is 0 Å². The topological polar surface area (TPSA) is 156 Å². The predicted molar refractivity (Wildman–Crippen MR) is 112 cm³/mol. The van der Waals surface area contributed by atoms with Crippen LogP contribution in [0.4, 0.5) is 11.5 Å². The van der Waals surface area contributed by atoms with Crippen molar-refractivity contribution in [3.8, 4) is 11.8 Å². The maximum Gasteiger partial charge on any atom is 0.555 e. The molecule has 0 saturated carbocycles. The van der Waals surface area contributed by atoms with Crippen molar-refractivity contribution in [2.45, 2.75) is 18.9 Å². The number of carbonyl (C=O) groups is 1. The number of hydrogen-bond donors (Lipinski definition) is 4. The fourth-order valence-corrected chi connectivity index (χ4v) is 3.74. The Morgan fingerprint density at radius 1 is 1.48 bits per heavy atom. The van der Waals surface area contributed by atoms with Gasteiger partial charge in [-0.3, -0.25) is 9.48 Å². The van der Waals surface area contributed by atoms with E-state index in [0.29, 0.717) is 42.1 Å². The van der Waals surface area contributed by atoms with Gasteiger partial charge in [0.2, 0.25) is 0 Å². The van der Waals surface area contributed by atoms with E-state index >= 15 is 0 Å². The molecule has 3 heterocycles. The van der Waals surface area contributed by atoms with Gasteiger partial charge in [-0.25, -0.2) is 0 Å². The normalized spacial score (nSPS) is 20.3. The zero-order valence-electron chi connectivity index (χ0n) is 16.7. The number of aromatic nitrogens is 2. The first kappa shape index (κ1) is 20.9. The lowest BCUT2D eigenvalue weighted by molar-refractivity contribution is 0.0342. The van der Waals surface area contributed by atoms with Gasteiger partial charge in [-0.1, -0.05) is 6.08 Å². The SMILES string of the molecule is N#C[C@H]1CCOCC1n1cc(C(N)=O)c(Nc2ccc3c(c2)C=C(CCO)B(O)O3)n1. The van der Waals surface area contributed by atoms with E-state index in [1.807, 2.05) is 0 Å². The maximum atomic E-state index is 12.0. The summed E-state index contributed by atoms with van der Waals surface area (Å²) < 4.78 is 12.5. The zero-order chi connectivity index (χ0) is 22.0. The van der Waals surface area contributed by atoms with E-state index in [4.69, 9.17) is 20.2 Å². The van der Waals surface area contributed by atoms with E-state index in [-0.39, 0.29) is 36.4 Å². The molecule has 2 aliphatic rings. The highest BCUT2D eigenvalue weighted by Crippen LogP contribution is 2.33. The zero-order valence-corrected chi connectivity index (χ0v) is 16.7. The molecular formula is C20H22BN5O5. The number of benzene rings is 1. The van der Waals surface area contributed by atoms with Gasteiger partial charge >= 0.3 is 7.12 Å². The minimum Gasteiger partial charge on any atom is -0.532 e. The third kappa shape index (κ3) is 4.27. The molecule has 160 valence electrons. The largest absolute Gasteiger partial charge is 0.555 e. The van der Waals surface area contributed by atoms with Crippen LogP contribution in [0.2, 0.25) is 0 Å². The standard InChI is InChI=1S/C20H22BN5O5/c22-9-12-4-6-30-11-17(12)26-10-16(19(23)28)20(25-26)24-15-1-2-18-13(8-15)7-14(3-5-27)21(29)31-18/h1-2,7-8,10,12,17,27,29H,3-6,11H2,(H2,23,28)(H,24,25)/t12-,17?/m1/s1. The van der Waals surface area contributed by atoms with Crippen LogP contribution >= 0.6 is 0 Å². The van der Waals surface area contributed by atoms with E-state index < -0.39 is 13.0 Å². The minimum absolute atomic E-state index is 0.104. The molecule has 10 nitrogen and oxygen atoms in total. The van der Waals surface area contributed by atoms with Crippen molar-refractivity contribution >= 4 is 30.6 Å². The number of aliphatic hydroxyl groups excluding tert-OH is 1. The molecule has 1 aromatic heterocycles. The molecule has 0 radical (unpaired) electrons. The summed E-state index contributed by atoms with van der Waals surface area (Å²) >= 11 is 0. The lowest BCUT2D eigenvalue weighted by atomic mass is 9.74. The number of fused-ring (bicyclic) bond motifs is 1. The summed E-state index contributed by atoms with van der Waals surface area (Å²) in [5.74, 6) is -0.152. The van der Waals surface area contributed by atoms with Gasteiger partial charge in [-0.05, 0) is 36.5 Å². The van der Waals surface area contributed by atoms with E-state index in [9.17, 15) is 15.1 Å². The fraction of sp³-hybridized carbons (Fsp3) is 0.350. The molecular weight excluding hydrogens is 401 g/mol. The van der Waals surface area contributed by atoms with E-state index in [1.54, 1.807) is 29.0 Å². The predicted octanol–water partition coefficient (Wildman–Crippen LogP) is 1.00. The molecule has 0 aliphatic carbocycles. The number of rotatable bonds is 6. The van der Waals surface area contributed by atoms with Crippen LogP contribution in [0.5, 0.6) is 5.75 Å². The average molecular weight is 423 g/mol. The number of carbonyl (C=O) groups excluding carboxylic acids is 1. The Labute approximate surface area is 179 Å². The third-order valence-corrected chi connectivity index (χ3v) is 5.40. The summed E-state index contributed by atoms with van der Waals surface area (Å²) in [6.07, 6.45) is 4.17. The quantitative estimate of drug-likeness (QED) is 0.502. The molecule has 0 bridgehead atoms. The highest BCUT2D eigenvalue weighted by molar-refractivity contribution is 6.54. The molecule has 2 aliphatic heterocycles. The molecule has 2 aromatic rings. The van der Waals surface area contributed by atoms with Crippen molar-refractivity contribution < 1.29 is 24.3 Å². The number of nitriles is 1. The molecule has 1 saturated heterocycles. The number of amides is 1. The first-order chi connectivity index (χ1) is 15.0. The Kier molecular flexibility index (Phi) is 5.95. The summed E-state index contributed by atoms with van der Waals surface area (Å²) in [6.45, 7) is 0.740. The molecule has 31 heavy (non-hydrogen) atoms. The lowest BCUT2D eigenvalue weighted by Crippen LogP contribution is -2.29. The lowest BCUT2D eigenvalue weighted by Gasteiger charge is -2.26. The van der Waals surface area contributed by atoms with E-state index in [1.165, 1.54) is 6.20 Å². The van der Waals surface area contributed by atoms with Crippen LogP contribution in [-0.4, -0.2) is 52.8 Å². The van der Waals surface area contributed by atoms with Gasteiger partial charge in [0, 0.05) is 30.7 Å². The monoisotopic (exact) mass is 423 g/mol. The number of ether oxygens (including phenoxy) is 1. The Balaban J connectivity index is 1.63. The van der Waals surface area contributed by atoms with Crippen LogP contribution in [0.1, 0.15) is 34.8 Å². The number of primary amides is 1. The second-order valence-corrected chi connectivity index (χ2v) is 7.44.